The molecule has 1 aliphatic carbocycles. The lowest BCUT2D eigenvalue weighted by Gasteiger charge is -2.21. The van der Waals surface area contributed by atoms with Crippen molar-refractivity contribution in [2.45, 2.75) is 39.7 Å². The number of ether oxygens (including phenoxy) is 1. The van der Waals surface area contributed by atoms with Crippen LogP contribution >= 0.6 is 0 Å². The topological polar surface area (TPSA) is 21.3 Å². The molecule has 0 radical (unpaired) electrons. The average Bonchev–Trinajstić information content (AvgIpc) is 3.15. The zero-order valence-corrected chi connectivity index (χ0v) is 11.8. The van der Waals surface area contributed by atoms with Crippen molar-refractivity contribution in [3.05, 3.63) is 34.9 Å². The molecule has 0 saturated heterocycles. The van der Waals surface area contributed by atoms with Crippen LogP contribution in [-0.2, 0) is 4.74 Å². The Balaban J connectivity index is 1.99. The Hall–Kier alpha value is -0.860. The highest BCUT2D eigenvalue weighted by atomic mass is 16.5. The first-order valence-electron chi connectivity index (χ1n) is 7.09. The van der Waals surface area contributed by atoms with E-state index in [0.29, 0.717) is 6.04 Å². The highest BCUT2D eigenvalue weighted by molar-refractivity contribution is 5.33. The van der Waals surface area contributed by atoms with Gasteiger partial charge in [-0.3, -0.25) is 0 Å². The van der Waals surface area contributed by atoms with Crippen LogP contribution in [0.3, 0.4) is 0 Å². The van der Waals surface area contributed by atoms with Crippen molar-refractivity contribution in [2.75, 3.05) is 19.8 Å². The lowest BCUT2D eigenvalue weighted by atomic mass is 9.99. The first-order chi connectivity index (χ1) is 8.70. The normalized spacial score (nSPS) is 16.8. The van der Waals surface area contributed by atoms with Crippen LogP contribution in [0.5, 0.6) is 0 Å². The van der Waals surface area contributed by atoms with Gasteiger partial charge in [-0.15, -0.1) is 0 Å². The quantitative estimate of drug-likeness (QED) is 0.797. The van der Waals surface area contributed by atoms with Gasteiger partial charge in [-0.1, -0.05) is 30.7 Å². The van der Waals surface area contributed by atoms with E-state index >= 15 is 0 Å². The molecule has 1 fully saturated rings. The summed E-state index contributed by atoms with van der Waals surface area (Å²) in [6, 6.07) is 6.99. The fourth-order valence-electron chi connectivity index (χ4n) is 2.28. The predicted molar refractivity (Wildman–Crippen MR) is 75.9 cm³/mol. The van der Waals surface area contributed by atoms with Crippen molar-refractivity contribution in [2.24, 2.45) is 5.92 Å². The van der Waals surface area contributed by atoms with Crippen LogP contribution in [0.15, 0.2) is 18.2 Å². The summed E-state index contributed by atoms with van der Waals surface area (Å²) >= 11 is 0. The Morgan fingerprint density at radius 2 is 2.11 bits per heavy atom. The summed E-state index contributed by atoms with van der Waals surface area (Å²) in [6.45, 7) is 9.18. The Morgan fingerprint density at radius 3 is 2.78 bits per heavy atom. The third kappa shape index (κ3) is 3.82. The van der Waals surface area contributed by atoms with Gasteiger partial charge in [0.1, 0.15) is 0 Å². The first kappa shape index (κ1) is 13.6. The predicted octanol–water partition coefficient (Wildman–Crippen LogP) is 3.38. The number of benzene rings is 1. The molecule has 1 atom stereocenters. The summed E-state index contributed by atoms with van der Waals surface area (Å²) < 4.78 is 5.86. The fraction of sp³-hybridized carbons (Fsp3) is 0.625. The third-order valence-corrected chi connectivity index (χ3v) is 3.60. The van der Waals surface area contributed by atoms with E-state index < -0.39 is 0 Å². The summed E-state index contributed by atoms with van der Waals surface area (Å²) in [5, 5.41) is 3.54. The van der Waals surface area contributed by atoms with Gasteiger partial charge >= 0.3 is 0 Å². The number of hydrogen-bond donors (Lipinski definition) is 1. The summed E-state index contributed by atoms with van der Waals surface area (Å²) in [4.78, 5) is 0. The number of aryl methyl sites for hydroxylation is 2. The van der Waals surface area contributed by atoms with Crippen LogP contribution in [0.1, 0.15) is 42.5 Å². The van der Waals surface area contributed by atoms with Crippen molar-refractivity contribution < 1.29 is 4.74 Å². The smallest absolute Gasteiger partial charge is 0.0661 e. The molecular formula is C16H25NO. The van der Waals surface area contributed by atoms with Gasteiger partial charge in [0.25, 0.3) is 0 Å². The van der Waals surface area contributed by atoms with Crippen molar-refractivity contribution in [3.8, 4) is 0 Å². The highest BCUT2D eigenvalue weighted by Gasteiger charge is 2.22. The molecule has 0 amide bonds. The van der Waals surface area contributed by atoms with Gasteiger partial charge in [-0.25, -0.2) is 0 Å². The molecule has 1 saturated carbocycles. The molecule has 1 unspecified atom stereocenters. The molecule has 2 rings (SSSR count). The fourth-order valence-corrected chi connectivity index (χ4v) is 2.28. The molecule has 0 aliphatic heterocycles. The van der Waals surface area contributed by atoms with Crippen molar-refractivity contribution >= 4 is 0 Å². The second-order valence-electron chi connectivity index (χ2n) is 5.45. The molecule has 2 heteroatoms. The maximum absolute atomic E-state index is 5.86. The lowest BCUT2D eigenvalue weighted by molar-refractivity contribution is 0.103. The molecule has 0 bridgehead atoms. The summed E-state index contributed by atoms with van der Waals surface area (Å²) in [6.07, 6.45) is 2.71. The van der Waals surface area contributed by atoms with Crippen molar-refractivity contribution in [1.82, 2.24) is 5.32 Å². The number of nitrogens with one attached hydrogen (secondary N) is 1. The third-order valence-electron chi connectivity index (χ3n) is 3.60. The highest BCUT2D eigenvalue weighted by Crippen LogP contribution is 2.29. The Labute approximate surface area is 111 Å². The molecule has 1 aliphatic rings. The molecular weight excluding hydrogens is 222 g/mol. The average molecular weight is 247 g/mol. The van der Waals surface area contributed by atoms with Crippen LogP contribution in [0.4, 0.5) is 0 Å². The summed E-state index contributed by atoms with van der Waals surface area (Å²) in [5.41, 5.74) is 4.05. The summed E-state index contributed by atoms with van der Waals surface area (Å²) in [7, 11) is 0. The molecule has 0 heterocycles. The monoisotopic (exact) mass is 247 g/mol. The van der Waals surface area contributed by atoms with Gasteiger partial charge in [0.05, 0.1) is 12.6 Å². The van der Waals surface area contributed by atoms with Gasteiger partial charge in [0.2, 0.25) is 0 Å². The second kappa shape index (κ2) is 6.35. The molecule has 2 nitrogen and oxygen atoms in total. The maximum Gasteiger partial charge on any atom is 0.0661 e. The molecule has 1 aromatic carbocycles. The van der Waals surface area contributed by atoms with Gasteiger partial charge in [0.15, 0.2) is 0 Å². The van der Waals surface area contributed by atoms with E-state index in [0.717, 1.165) is 25.7 Å². The van der Waals surface area contributed by atoms with E-state index in [1.165, 1.54) is 29.5 Å². The van der Waals surface area contributed by atoms with Crippen LogP contribution in [0, 0.1) is 19.8 Å². The lowest BCUT2D eigenvalue weighted by Crippen LogP contribution is -2.26. The largest absolute Gasteiger partial charge is 0.379 e. The standard InChI is InChI=1S/C16H25NO/c1-4-17-16(11-18-10-14-7-8-14)15-9-12(2)5-6-13(15)3/h5-6,9,14,16-17H,4,7-8,10-11H2,1-3H3. The summed E-state index contributed by atoms with van der Waals surface area (Å²) in [5.74, 6) is 0.839. The van der Waals surface area contributed by atoms with E-state index in [9.17, 15) is 0 Å². The first-order valence-corrected chi connectivity index (χ1v) is 7.09. The molecule has 1 aromatic rings. The molecule has 100 valence electrons. The second-order valence-corrected chi connectivity index (χ2v) is 5.45. The van der Waals surface area contributed by atoms with Gasteiger partial charge in [0, 0.05) is 6.61 Å². The minimum Gasteiger partial charge on any atom is -0.379 e. The molecule has 0 spiro atoms. The van der Waals surface area contributed by atoms with E-state index in [-0.39, 0.29) is 0 Å². The van der Waals surface area contributed by atoms with E-state index in [1.807, 2.05) is 0 Å². The maximum atomic E-state index is 5.86. The van der Waals surface area contributed by atoms with Gasteiger partial charge < -0.3 is 10.1 Å². The van der Waals surface area contributed by atoms with E-state index in [2.05, 4.69) is 44.3 Å². The van der Waals surface area contributed by atoms with E-state index in [4.69, 9.17) is 4.74 Å². The SMILES string of the molecule is CCNC(COCC1CC1)c1cc(C)ccc1C. The van der Waals surface area contributed by atoms with Gasteiger partial charge in [-0.05, 0) is 50.3 Å². The van der Waals surface area contributed by atoms with Crippen molar-refractivity contribution in [1.29, 1.82) is 0 Å². The van der Waals surface area contributed by atoms with Crippen LogP contribution in [-0.4, -0.2) is 19.8 Å². The zero-order chi connectivity index (χ0) is 13.0. The molecule has 0 aromatic heterocycles. The Bertz CT molecular complexity index is 385. The van der Waals surface area contributed by atoms with Crippen LogP contribution in [0.2, 0.25) is 0 Å². The number of likely N-dealkylation sites (N-methyl/N-ethyl adjacent to an activating group) is 1. The minimum absolute atomic E-state index is 0.327. The van der Waals surface area contributed by atoms with Gasteiger partial charge in [-0.2, -0.15) is 0 Å². The van der Waals surface area contributed by atoms with Crippen LogP contribution < -0.4 is 5.32 Å². The minimum atomic E-state index is 0.327. The Morgan fingerprint density at radius 1 is 1.33 bits per heavy atom. The zero-order valence-electron chi connectivity index (χ0n) is 11.8. The molecule has 1 N–H and O–H groups in total. The number of rotatable bonds is 7. The van der Waals surface area contributed by atoms with Crippen molar-refractivity contribution in [3.63, 3.8) is 0 Å². The number of hydrogen-bond acceptors (Lipinski definition) is 2. The van der Waals surface area contributed by atoms with E-state index in [1.54, 1.807) is 0 Å². The molecule has 18 heavy (non-hydrogen) atoms. The Kier molecular flexibility index (Phi) is 4.79. The van der Waals surface area contributed by atoms with Crippen LogP contribution in [0.25, 0.3) is 0 Å².